The number of ether oxygens (including phenoxy) is 1. The quantitative estimate of drug-likeness (QED) is 0.547. The van der Waals surface area contributed by atoms with Crippen molar-refractivity contribution in [3.63, 3.8) is 0 Å². The lowest BCUT2D eigenvalue weighted by molar-refractivity contribution is 0.266. The molecule has 2 aliphatic rings. The van der Waals surface area contributed by atoms with Crippen LogP contribution >= 0.6 is 27.5 Å². The Balaban J connectivity index is 1.70. The molecule has 1 aliphatic carbocycles. The van der Waals surface area contributed by atoms with Crippen LogP contribution < -0.4 is 16.0 Å². The molecule has 2 aromatic heterocycles. The first-order valence-electron chi connectivity index (χ1n) is 7.81. The number of H-pyrrole nitrogens is 2. The third-order valence-electron chi connectivity index (χ3n) is 4.55. The number of halogens is 2. The van der Waals surface area contributed by atoms with Crippen molar-refractivity contribution in [2.45, 2.75) is 12.0 Å². The SMILES string of the molecule is Nc1n[nH]c2cc(-c3nc4c(c(=O)[nH]3)OC3C=CC(Br)=CC43)c(Cl)cc12. The lowest BCUT2D eigenvalue weighted by Gasteiger charge is -2.15. The summed E-state index contributed by atoms with van der Waals surface area (Å²) in [5.74, 6) is 0.854. The molecule has 4 N–H and O–H groups in total. The summed E-state index contributed by atoms with van der Waals surface area (Å²) in [5.41, 5.74) is 7.36. The van der Waals surface area contributed by atoms with Crippen LogP contribution in [0.25, 0.3) is 22.3 Å². The summed E-state index contributed by atoms with van der Waals surface area (Å²) in [4.78, 5) is 20.0. The van der Waals surface area contributed by atoms with Crippen molar-refractivity contribution in [1.82, 2.24) is 20.2 Å². The second kappa shape index (κ2) is 5.46. The molecule has 0 radical (unpaired) electrons. The van der Waals surface area contributed by atoms with E-state index in [0.717, 1.165) is 9.87 Å². The summed E-state index contributed by atoms with van der Waals surface area (Å²) in [7, 11) is 0. The first-order chi connectivity index (χ1) is 12.5. The van der Waals surface area contributed by atoms with E-state index in [4.69, 9.17) is 22.1 Å². The largest absolute Gasteiger partial charge is 0.478 e. The van der Waals surface area contributed by atoms with Crippen molar-refractivity contribution >= 4 is 44.3 Å². The van der Waals surface area contributed by atoms with E-state index in [1.807, 2.05) is 18.2 Å². The minimum atomic E-state index is -0.336. The average molecular weight is 433 g/mol. The summed E-state index contributed by atoms with van der Waals surface area (Å²) in [6.45, 7) is 0. The van der Waals surface area contributed by atoms with E-state index in [-0.39, 0.29) is 23.3 Å². The van der Waals surface area contributed by atoms with Crippen molar-refractivity contribution < 1.29 is 4.74 Å². The van der Waals surface area contributed by atoms with E-state index in [0.29, 0.717) is 33.4 Å². The highest BCUT2D eigenvalue weighted by Gasteiger charge is 2.37. The van der Waals surface area contributed by atoms with Crippen molar-refractivity contribution in [2.24, 2.45) is 0 Å². The Morgan fingerprint density at radius 1 is 1.35 bits per heavy atom. The third kappa shape index (κ3) is 2.22. The molecule has 0 spiro atoms. The monoisotopic (exact) mass is 431 g/mol. The molecule has 0 fully saturated rings. The molecule has 1 aromatic carbocycles. The lowest BCUT2D eigenvalue weighted by atomic mass is 9.96. The lowest BCUT2D eigenvalue weighted by Crippen LogP contribution is -2.17. The van der Waals surface area contributed by atoms with Crippen LogP contribution in [0.4, 0.5) is 5.82 Å². The van der Waals surface area contributed by atoms with Gasteiger partial charge in [0, 0.05) is 15.4 Å². The number of rotatable bonds is 1. The number of hydrogen-bond donors (Lipinski definition) is 3. The van der Waals surface area contributed by atoms with Gasteiger partial charge >= 0.3 is 0 Å². The normalized spacial score (nSPS) is 20.6. The van der Waals surface area contributed by atoms with Gasteiger partial charge in [-0.25, -0.2) is 4.98 Å². The number of aromatic nitrogens is 4. The molecular formula is C17H11BrClN5O2. The maximum absolute atomic E-state index is 12.5. The molecular weight excluding hydrogens is 422 g/mol. The van der Waals surface area contributed by atoms with Gasteiger partial charge < -0.3 is 15.5 Å². The Hall–Kier alpha value is -2.58. The highest BCUT2D eigenvalue weighted by Crippen LogP contribution is 2.41. The zero-order chi connectivity index (χ0) is 18.0. The Kier molecular flexibility index (Phi) is 3.29. The van der Waals surface area contributed by atoms with Crippen LogP contribution in [0.15, 0.2) is 39.6 Å². The van der Waals surface area contributed by atoms with Gasteiger partial charge in [0.2, 0.25) is 5.75 Å². The van der Waals surface area contributed by atoms with Gasteiger partial charge in [0.15, 0.2) is 5.82 Å². The van der Waals surface area contributed by atoms with E-state index in [1.54, 1.807) is 12.1 Å². The minimum Gasteiger partial charge on any atom is -0.478 e. The molecule has 5 rings (SSSR count). The Labute approximate surface area is 160 Å². The van der Waals surface area contributed by atoms with Gasteiger partial charge in [-0.15, -0.1) is 0 Å². The second-order valence-corrected chi connectivity index (χ2v) is 7.46. The summed E-state index contributed by atoms with van der Waals surface area (Å²) in [6, 6.07) is 3.48. The summed E-state index contributed by atoms with van der Waals surface area (Å²) >= 11 is 9.87. The number of nitrogens with zero attached hydrogens (tertiary/aromatic N) is 2. The summed E-state index contributed by atoms with van der Waals surface area (Å²) in [6.07, 6.45) is 5.55. The smallest absolute Gasteiger partial charge is 0.293 e. The van der Waals surface area contributed by atoms with Crippen molar-refractivity contribution in [2.75, 3.05) is 5.73 Å². The van der Waals surface area contributed by atoms with Crippen LogP contribution in [0.1, 0.15) is 11.6 Å². The van der Waals surface area contributed by atoms with Crippen LogP contribution in [0.2, 0.25) is 5.02 Å². The van der Waals surface area contributed by atoms with Crippen LogP contribution in [0.5, 0.6) is 5.75 Å². The van der Waals surface area contributed by atoms with Gasteiger partial charge in [0.05, 0.1) is 16.5 Å². The molecule has 26 heavy (non-hydrogen) atoms. The topological polar surface area (TPSA) is 110 Å². The van der Waals surface area contributed by atoms with E-state index >= 15 is 0 Å². The molecule has 2 atom stereocenters. The fourth-order valence-electron chi connectivity index (χ4n) is 3.30. The summed E-state index contributed by atoms with van der Waals surface area (Å²) < 4.78 is 6.68. The molecule has 0 amide bonds. The molecule has 1 aliphatic heterocycles. The molecule has 3 heterocycles. The number of anilines is 1. The number of hydrogen-bond acceptors (Lipinski definition) is 5. The Morgan fingerprint density at radius 3 is 3.04 bits per heavy atom. The van der Waals surface area contributed by atoms with Crippen LogP contribution in [0.3, 0.4) is 0 Å². The third-order valence-corrected chi connectivity index (χ3v) is 5.39. The number of nitrogen functional groups attached to an aromatic ring is 1. The summed E-state index contributed by atoms with van der Waals surface area (Å²) in [5, 5.41) is 7.95. The van der Waals surface area contributed by atoms with Crippen LogP contribution in [0, 0.1) is 0 Å². The van der Waals surface area contributed by atoms with E-state index in [1.165, 1.54) is 0 Å². The Bertz CT molecular complexity index is 1200. The van der Waals surface area contributed by atoms with Gasteiger partial charge in [0.25, 0.3) is 5.56 Å². The predicted molar refractivity (Wildman–Crippen MR) is 103 cm³/mol. The first kappa shape index (κ1) is 15.7. The van der Waals surface area contributed by atoms with E-state index in [2.05, 4.69) is 36.1 Å². The maximum atomic E-state index is 12.5. The number of nitrogens with one attached hydrogen (secondary N) is 2. The fourth-order valence-corrected chi connectivity index (χ4v) is 3.99. The Morgan fingerprint density at radius 2 is 2.19 bits per heavy atom. The zero-order valence-electron chi connectivity index (χ0n) is 13.1. The van der Waals surface area contributed by atoms with Gasteiger partial charge in [-0.3, -0.25) is 9.89 Å². The molecule has 0 saturated heterocycles. The molecule has 7 nitrogen and oxygen atoms in total. The van der Waals surface area contributed by atoms with E-state index < -0.39 is 0 Å². The highest BCUT2D eigenvalue weighted by atomic mass is 79.9. The molecule has 0 saturated carbocycles. The fraction of sp³-hybridized carbons (Fsp3) is 0.118. The van der Waals surface area contributed by atoms with Crippen molar-refractivity contribution in [1.29, 1.82) is 0 Å². The second-order valence-electron chi connectivity index (χ2n) is 6.13. The number of aromatic amines is 2. The number of allylic oxidation sites excluding steroid dienone is 2. The van der Waals surface area contributed by atoms with Gasteiger partial charge in [-0.2, -0.15) is 5.10 Å². The average Bonchev–Trinajstić information content (AvgIpc) is 3.15. The zero-order valence-corrected chi connectivity index (χ0v) is 15.4. The van der Waals surface area contributed by atoms with Crippen molar-refractivity contribution in [3.05, 3.63) is 55.9 Å². The first-order valence-corrected chi connectivity index (χ1v) is 8.98. The molecule has 130 valence electrons. The van der Waals surface area contributed by atoms with E-state index in [9.17, 15) is 4.79 Å². The van der Waals surface area contributed by atoms with Gasteiger partial charge in [-0.1, -0.05) is 33.6 Å². The minimum absolute atomic E-state index is 0.129. The molecule has 0 bridgehead atoms. The molecule has 3 aromatic rings. The highest BCUT2D eigenvalue weighted by molar-refractivity contribution is 9.11. The molecule has 9 heteroatoms. The van der Waals surface area contributed by atoms with Crippen LogP contribution in [-0.4, -0.2) is 26.3 Å². The molecule has 2 unspecified atom stereocenters. The predicted octanol–water partition coefficient (Wildman–Crippen LogP) is 3.24. The number of benzene rings is 1. The van der Waals surface area contributed by atoms with Crippen LogP contribution in [-0.2, 0) is 0 Å². The maximum Gasteiger partial charge on any atom is 0.293 e. The standard InChI is InChI=1S/C17H11BrClN5O2/c18-6-1-2-12-9(3-6)13-14(26-12)17(25)22-16(21-13)7-5-11-8(4-10(7)19)15(20)24-23-11/h1-5,9,12H,(H3,20,23,24)(H,21,22,25). The van der Waals surface area contributed by atoms with Crippen molar-refractivity contribution in [3.8, 4) is 17.1 Å². The number of nitrogens with two attached hydrogens (primary N) is 1. The van der Waals surface area contributed by atoms with Gasteiger partial charge in [0.1, 0.15) is 17.6 Å². The number of fused-ring (bicyclic) bond motifs is 4. The van der Waals surface area contributed by atoms with Gasteiger partial charge in [-0.05, 0) is 24.3 Å².